The number of fused-ring (bicyclic) bond motifs is 1. The smallest absolute Gasteiger partial charge is 0.247 e. The van der Waals surface area contributed by atoms with E-state index in [2.05, 4.69) is 0 Å². The van der Waals surface area contributed by atoms with Crippen molar-refractivity contribution in [2.75, 3.05) is 24.3 Å². The highest BCUT2D eigenvalue weighted by Gasteiger charge is 2.46. The molecular formula is C12H15NO2S. The lowest BCUT2D eigenvalue weighted by Crippen LogP contribution is -2.37. The Morgan fingerprint density at radius 1 is 1.44 bits per heavy atom. The normalized spacial score (nSPS) is 23.7. The molecule has 1 unspecified atom stereocenters. The van der Waals surface area contributed by atoms with Crippen molar-refractivity contribution in [3.8, 4) is 0 Å². The van der Waals surface area contributed by atoms with Gasteiger partial charge in [0.05, 0.1) is 6.61 Å². The molecule has 0 aliphatic carbocycles. The third-order valence-corrected chi connectivity index (χ3v) is 4.30. The van der Waals surface area contributed by atoms with Crippen LogP contribution in [0, 0.1) is 0 Å². The van der Waals surface area contributed by atoms with Crippen LogP contribution in [-0.2, 0) is 9.54 Å². The molecule has 0 fully saturated rings. The number of aliphatic hydroxyl groups excluding tert-OH is 1. The van der Waals surface area contributed by atoms with Gasteiger partial charge >= 0.3 is 0 Å². The van der Waals surface area contributed by atoms with Crippen LogP contribution in [0.1, 0.15) is 12.5 Å². The van der Waals surface area contributed by atoms with Crippen LogP contribution in [0.5, 0.6) is 0 Å². The van der Waals surface area contributed by atoms with E-state index in [1.165, 1.54) is 0 Å². The second kappa shape index (κ2) is 4.11. The van der Waals surface area contributed by atoms with Gasteiger partial charge in [0.2, 0.25) is 5.91 Å². The zero-order chi connectivity index (χ0) is 11.8. The number of anilines is 1. The molecule has 16 heavy (non-hydrogen) atoms. The number of aliphatic hydroxyl groups is 1. The zero-order valence-corrected chi connectivity index (χ0v) is 10.3. The first kappa shape index (κ1) is 11.5. The maximum Gasteiger partial charge on any atom is 0.247 e. The predicted molar refractivity (Wildman–Crippen MR) is 66.7 cm³/mol. The second-order valence-corrected chi connectivity index (χ2v) is 5.16. The minimum absolute atomic E-state index is 0.00939. The standard InChI is InChI=1S/C12H15NO2S/c1-12(16-2)9-5-3-4-6-10(9)13(7-8-14)11(12)15/h3-6,14H,7-8H2,1-2H3. The van der Waals surface area contributed by atoms with Crippen molar-refractivity contribution in [1.82, 2.24) is 0 Å². The van der Waals surface area contributed by atoms with Gasteiger partial charge in [0.25, 0.3) is 0 Å². The fraction of sp³-hybridized carbons (Fsp3) is 0.417. The van der Waals surface area contributed by atoms with E-state index in [0.29, 0.717) is 6.54 Å². The summed E-state index contributed by atoms with van der Waals surface area (Å²) in [5.41, 5.74) is 1.97. The number of amides is 1. The highest BCUT2D eigenvalue weighted by molar-refractivity contribution is 8.00. The number of rotatable bonds is 3. The molecule has 1 N–H and O–H groups in total. The molecule has 1 aromatic rings. The van der Waals surface area contributed by atoms with Gasteiger partial charge in [0.1, 0.15) is 4.75 Å². The molecule has 0 saturated heterocycles. The summed E-state index contributed by atoms with van der Waals surface area (Å²) in [7, 11) is 0. The van der Waals surface area contributed by atoms with Crippen molar-refractivity contribution in [3.05, 3.63) is 29.8 Å². The molecule has 4 heteroatoms. The van der Waals surface area contributed by atoms with Crippen molar-refractivity contribution < 1.29 is 9.90 Å². The third kappa shape index (κ3) is 1.44. The first-order valence-electron chi connectivity index (χ1n) is 5.22. The molecule has 0 radical (unpaired) electrons. The fourth-order valence-corrected chi connectivity index (χ4v) is 2.79. The molecule has 3 nitrogen and oxygen atoms in total. The second-order valence-electron chi connectivity index (χ2n) is 3.93. The number of hydrogen-bond donors (Lipinski definition) is 1. The molecule has 86 valence electrons. The minimum atomic E-state index is -0.508. The summed E-state index contributed by atoms with van der Waals surface area (Å²) in [6.07, 6.45) is 1.94. The number of carbonyl (C=O) groups excluding carboxylic acids is 1. The van der Waals surface area contributed by atoms with Gasteiger partial charge in [-0.15, -0.1) is 11.8 Å². The van der Waals surface area contributed by atoms with Gasteiger partial charge in [-0.2, -0.15) is 0 Å². The van der Waals surface area contributed by atoms with Gasteiger partial charge in [-0.05, 0) is 19.2 Å². The van der Waals surface area contributed by atoms with Gasteiger partial charge < -0.3 is 10.0 Å². The Morgan fingerprint density at radius 3 is 2.75 bits per heavy atom. The summed E-state index contributed by atoms with van der Waals surface area (Å²) in [4.78, 5) is 14.0. The Labute approximate surface area is 99.5 Å². The Kier molecular flexibility index (Phi) is 2.95. The predicted octanol–water partition coefficient (Wildman–Crippen LogP) is 1.60. The van der Waals surface area contributed by atoms with Gasteiger partial charge in [-0.1, -0.05) is 18.2 Å². The van der Waals surface area contributed by atoms with E-state index in [-0.39, 0.29) is 12.5 Å². The monoisotopic (exact) mass is 237 g/mol. The average molecular weight is 237 g/mol. The Hall–Kier alpha value is -1.00. The molecule has 1 atom stereocenters. The third-order valence-electron chi connectivity index (χ3n) is 3.09. The average Bonchev–Trinajstić information content (AvgIpc) is 2.53. The molecule has 0 bridgehead atoms. The van der Waals surface area contributed by atoms with Gasteiger partial charge in [0, 0.05) is 17.8 Å². The molecule has 0 aromatic heterocycles. The highest BCUT2D eigenvalue weighted by atomic mass is 32.2. The van der Waals surface area contributed by atoms with Crippen molar-refractivity contribution in [2.24, 2.45) is 0 Å². The summed E-state index contributed by atoms with van der Waals surface area (Å²) in [5, 5.41) is 9.01. The van der Waals surface area contributed by atoms with E-state index in [4.69, 9.17) is 5.11 Å². The molecular weight excluding hydrogens is 222 g/mol. The summed E-state index contributed by atoms with van der Waals surface area (Å²) < 4.78 is -0.508. The molecule has 2 rings (SSSR count). The largest absolute Gasteiger partial charge is 0.395 e. The molecule has 1 amide bonds. The molecule has 1 aliphatic heterocycles. The zero-order valence-electron chi connectivity index (χ0n) is 9.43. The Morgan fingerprint density at radius 2 is 2.12 bits per heavy atom. The summed E-state index contributed by atoms with van der Waals surface area (Å²) in [5.74, 6) is 0.0650. The lowest BCUT2D eigenvalue weighted by atomic mass is 10.0. The van der Waals surface area contributed by atoms with Crippen molar-refractivity contribution in [2.45, 2.75) is 11.7 Å². The van der Waals surface area contributed by atoms with Crippen LogP contribution in [-0.4, -0.2) is 30.4 Å². The van der Waals surface area contributed by atoms with Crippen molar-refractivity contribution in [1.29, 1.82) is 0 Å². The van der Waals surface area contributed by atoms with Crippen molar-refractivity contribution in [3.63, 3.8) is 0 Å². The van der Waals surface area contributed by atoms with Crippen LogP contribution < -0.4 is 4.90 Å². The Balaban J connectivity index is 2.53. The lowest BCUT2D eigenvalue weighted by Gasteiger charge is -2.21. The first-order valence-corrected chi connectivity index (χ1v) is 6.45. The topological polar surface area (TPSA) is 40.5 Å². The van der Waals surface area contributed by atoms with Crippen LogP contribution in [0.2, 0.25) is 0 Å². The van der Waals surface area contributed by atoms with E-state index in [9.17, 15) is 4.79 Å². The summed E-state index contributed by atoms with van der Waals surface area (Å²) in [6, 6.07) is 7.79. The van der Waals surface area contributed by atoms with Gasteiger partial charge in [-0.3, -0.25) is 4.79 Å². The number of thioether (sulfide) groups is 1. The first-order chi connectivity index (χ1) is 7.65. The number of para-hydroxylation sites is 1. The quantitative estimate of drug-likeness (QED) is 0.868. The minimum Gasteiger partial charge on any atom is -0.395 e. The summed E-state index contributed by atoms with van der Waals surface area (Å²) in [6.45, 7) is 2.30. The number of hydrogen-bond acceptors (Lipinski definition) is 3. The fourth-order valence-electron chi connectivity index (χ4n) is 2.11. The van der Waals surface area contributed by atoms with Crippen LogP contribution in [0.4, 0.5) is 5.69 Å². The van der Waals surface area contributed by atoms with Gasteiger partial charge in [0.15, 0.2) is 0 Å². The van der Waals surface area contributed by atoms with E-state index >= 15 is 0 Å². The SMILES string of the molecule is CSC1(C)C(=O)N(CCO)c2ccccc21. The highest BCUT2D eigenvalue weighted by Crippen LogP contribution is 2.47. The van der Waals surface area contributed by atoms with Crippen LogP contribution in [0.15, 0.2) is 24.3 Å². The van der Waals surface area contributed by atoms with Crippen molar-refractivity contribution >= 4 is 23.4 Å². The van der Waals surface area contributed by atoms with Crippen LogP contribution in [0.25, 0.3) is 0 Å². The van der Waals surface area contributed by atoms with Crippen LogP contribution in [0.3, 0.4) is 0 Å². The number of nitrogens with zero attached hydrogens (tertiary/aromatic N) is 1. The molecule has 1 aliphatic rings. The van der Waals surface area contributed by atoms with Gasteiger partial charge in [-0.25, -0.2) is 0 Å². The number of benzene rings is 1. The van der Waals surface area contributed by atoms with E-state index in [1.54, 1.807) is 16.7 Å². The van der Waals surface area contributed by atoms with E-state index in [0.717, 1.165) is 11.3 Å². The summed E-state index contributed by atoms with van der Waals surface area (Å²) >= 11 is 1.54. The molecule has 0 saturated carbocycles. The van der Waals surface area contributed by atoms with E-state index < -0.39 is 4.75 Å². The number of β-amino-alcohol motifs (C(OH)–C–C–N with tert-alkyl or cyclic N) is 1. The molecule has 1 aromatic carbocycles. The lowest BCUT2D eigenvalue weighted by molar-refractivity contribution is -0.120. The maximum atomic E-state index is 12.3. The Bertz CT molecular complexity index is 421. The van der Waals surface area contributed by atoms with Crippen LogP contribution >= 0.6 is 11.8 Å². The number of carbonyl (C=O) groups is 1. The molecule has 1 heterocycles. The maximum absolute atomic E-state index is 12.3. The van der Waals surface area contributed by atoms with E-state index in [1.807, 2.05) is 37.4 Å². The molecule has 0 spiro atoms.